The summed E-state index contributed by atoms with van der Waals surface area (Å²) < 4.78 is 27.2. The zero-order valence-electron chi connectivity index (χ0n) is 12.4. The van der Waals surface area contributed by atoms with Crippen molar-refractivity contribution < 1.29 is 13.6 Å². The van der Waals surface area contributed by atoms with E-state index in [0.29, 0.717) is 19.0 Å². The van der Waals surface area contributed by atoms with Crippen molar-refractivity contribution >= 4 is 29.9 Å². The van der Waals surface area contributed by atoms with E-state index in [1.807, 2.05) is 0 Å². The predicted octanol–water partition coefficient (Wildman–Crippen LogP) is 3.50. The molecule has 7 heteroatoms. The molecule has 1 N–H and O–H groups in total. The van der Waals surface area contributed by atoms with Gasteiger partial charge in [0.1, 0.15) is 11.6 Å². The lowest BCUT2D eigenvalue weighted by Gasteiger charge is -2.32. The molecule has 0 saturated carbocycles. The first kappa shape index (κ1) is 19.1. The molecule has 22 heavy (non-hydrogen) atoms. The number of carbonyl (C=O) groups is 1. The number of nitrogens with zero attached hydrogens (tertiary/aromatic N) is 1. The maximum Gasteiger partial charge on any atom is 0.256 e. The zero-order chi connectivity index (χ0) is 15.4. The number of rotatable bonds is 4. The molecular formula is C15H20Cl2F2N2O. The molecular weight excluding hydrogens is 333 g/mol. The van der Waals surface area contributed by atoms with E-state index in [9.17, 15) is 13.6 Å². The van der Waals surface area contributed by atoms with Gasteiger partial charge < -0.3 is 10.2 Å². The summed E-state index contributed by atoms with van der Waals surface area (Å²) in [5, 5.41) is 2.98. The van der Waals surface area contributed by atoms with Gasteiger partial charge >= 0.3 is 0 Å². The summed E-state index contributed by atoms with van der Waals surface area (Å²) in [5.74, 6) is -1.49. The average molecular weight is 353 g/mol. The van der Waals surface area contributed by atoms with Crippen molar-refractivity contribution in [1.82, 2.24) is 10.2 Å². The van der Waals surface area contributed by atoms with Crippen LogP contribution in [0.4, 0.5) is 8.78 Å². The molecule has 0 radical (unpaired) electrons. The second kappa shape index (κ2) is 8.65. The van der Waals surface area contributed by atoms with Crippen LogP contribution in [0.1, 0.15) is 30.1 Å². The Kier molecular flexibility index (Phi) is 7.53. The Bertz CT molecular complexity index is 521. The highest BCUT2D eigenvalue weighted by Crippen LogP contribution is 2.23. The molecule has 0 aromatic heterocycles. The van der Waals surface area contributed by atoms with Gasteiger partial charge in [-0.1, -0.05) is 18.5 Å². The Morgan fingerprint density at radius 1 is 1.32 bits per heavy atom. The van der Waals surface area contributed by atoms with Crippen molar-refractivity contribution in [1.29, 1.82) is 0 Å². The number of carbonyl (C=O) groups excluding carboxylic acids is 1. The first-order chi connectivity index (χ1) is 10.0. The smallest absolute Gasteiger partial charge is 0.256 e. The Morgan fingerprint density at radius 3 is 2.55 bits per heavy atom. The fourth-order valence-corrected chi connectivity index (χ4v) is 2.70. The number of halogens is 4. The van der Waals surface area contributed by atoms with Gasteiger partial charge in [-0.25, -0.2) is 8.78 Å². The van der Waals surface area contributed by atoms with Crippen molar-refractivity contribution in [2.75, 3.05) is 26.2 Å². The normalized spacial score (nSPS) is 15.5. The molecule has 0 atom stereocenters. The van der Waals surface area contributed by atoms with Crippen LogP contribution in [0, 0.1) is 17.6 Å². The van der Waals surface area contributed by atoms with E-state index in [0.717, 1.165) is 38.1 Å². The fraction of sp³-hybridized carbons (Fsp3) is 0.533. The van der Waals surface area contributed by atoms with Crippen molar-refractivity contribution in [2.24, 2.45) is 5.92 Å². The monoisotopic (exact) mass is 352 g/mol. The molecule has 0 bridgehead atoms. The zero-order valence-corrected chi connectivity index (χ0v) is 13.9. The average Bonchev–Trinajstić information content (AvgIpc) is 2.48. The third-order valence-corrected chi connectivity index (χ3v) is 4.11. The lowest BCUT2D eigenvalue weighted by Crippen LogP contribution is -2.41. The summed E-state index contributed by atoms with van der Waals surface area (Å²) in [6, 6.07) is 1.73. The number of nitrogens with one attached hydrogen (secondary N) is 1. The first-order valence-electron chi connectivity index (χ1n) is 7.17. The van der Waals surface area contributed by atoms with Crippen LogP contribution >= 0.6 is 24.0 Å². The van der Waals surface area contributed by atoms with Gasteiger partial charge in [0.15, 0.2) is 0 Å². The Hall–Kier alpha value is -0.910. The molecule has 1 aliphatic rings. The quantitative estimate of drug-likeness (QED) is 0.841. The van der Waals surface area contributed by atoms with E-state index < -0.39 is 17.5 Å². The summed E-state index contributed by atoms with van der Waals surface area (Å²) in [4.78, 5) is 13.8. The Morgan fingerprint density at radius 2 is 1.95 bits per heavy atom. The molecule has 0 unspecified atom stereocenters. The highest BCUT2D eigenvalue weighted by molar-refractivity contribution is 6.30. The number of piperidine rings is 1. The second-order valence-corrected chi connectivity index (χ2v) is 5.70. The van der Waals surface area contributed by atoms with E-state index in [-0.39, 0.29) is 23.0 Å². The molecule has 1 saturated heterocycles. The van der Waals surface area contributed by atoms with E-state index in [4.69, 9.17) is 11.6 Å². The highest BCUT2D eigenvalue weighted by atomic mass is 35.5. The van der Waals surface area contributed by atoms with Crippen molar-refractivity contribution in [2.45, 2.75) is 19.8 Å². The lowest BCUT2D eigenvalue weighted by atomic mass is 9.96. The van der Waals surface area contributed by atoms with E-state index >= 15 is 0 Å². The summed E-state index contributed by atoms with van der Waals surface area (Å²) in [5.41, 5.74) is -0.248. The molecule has 1 fully saturated rings. The van der Waals surface area contributed by atoms with Crippen LogP contribution in [-0.4, -0.2) is 37.0 Å². The number of hydrogen-bond donors (Lipinski definition) is 1. The van der Waals surface area contributed by atoms with Gasteiger partial charge in [0.25, 0.3) is 5.91 Å². The van der Waals surface area contributed by atoms with Crippen LogP contribution in [0.3, 0.4) is 0 Å². The maximum absolute atomic E-state index is 13.8. The van der Waals surface area contributed by atoms with Gasteiger partial charge in [-0.3, -0.25) is 4.79 Å². The maximum atomic E-state index is 13.8. The van der Waals surface area contributed by atoms with Crippen LogP contribution in [0.2, 0.25) is 5.02 Å². The summed E-state index contributed by atoms with van der Waals surface area (Å²) in [7, 11) is 0. The predicted molar refractivity (Wildman–Crippen MR) is 85.8 cm³/mol. The molecule has 2 rings (SSSR count). The third kappa shape index (κ3) is 4.54. The van der Waals surface area contributed by atoms with E-state index in [1.54, 1.807) is 4.90 Å². The number of amides is 1. The molecule has 1 aromatic rings. The van der Waals surface area contributed by atoms with Gasteiger partial charge in [-0.2, -0.15) is 0 Å². The number of hydrogen-bond acceptors (Lipinski definition) is 2. The van der Waals surface area contributed by atoms with Crippen molar-refractivity contribution in [3.8, 4) is 0 Å². The van der Waals surface area contributed by atoms with Crippen LogP contribution in [0.15, 0.2) is 12.1 Å². The SMILES string of the molecule is CCNCC1CCN(C(=O)c2cc(F)c(Cl)cc2F)CC1.Cl. The largest absolute Gasteiger partial charge is 0.339 e. The summed E-state index contributed by atoms with van der Waals surface area (Å²) in [6.07, 6.45) is 1.74. The highest BCUT2D eigenvalue weighted by Gasteiger charge is 2.25. The van der Waals surface area contributed by atoms with Crippen LogP contribution in [0.5, 0.6) is 0 Å². The Balaban J connectivity index is 0.00000242. The van der Waals surface area contributed by atoms with Gasteiger partial charge in [0.05, 0.1) is 10.6 Å². The Labute approximate surface area is 140 Å². The molecule has 1 aromatic carbocycles. The fourth-order valence-electron chi connectivity index (χ4n) is 2.55. The van der Waals surface area contributed by atoms with Crippen LogP contribution in [-0.2, 0) is 0 Å². The number of likely N-dealkylation sites (tertiary alicyclic amines) is 1. The third-order valence-electron chi connectivity index (χ3n) is 3.83. The van der Waals surface area contributed by atoms with Gasteiger partial charge in [0, 0.05) is 13.1 Å². The second-order valence-electron chi connectivity index (χ2n) is 5.29. The topological polar surface area (TPSA) is 32.3 Å². The van der Waals surface area contributed by atoms with Crippen LogP contribution < -0.4 is 5.32 Å². The summed E-state index contributed by atoms with van der Waals surface area (Å²) >= 11 is 5.50. The molecule has 3 nitrogen and oxygen atoms in total. The summed E-state index contributed by atoms with van der Waals surface area (Å²) in [6.45, 7) is 5.05. The van der Waals surface area contributed by atoms with Crippen LogP contribution in [0.25, 0.3) is 0 Å². The van der Waals surface area contributed by atoms with Gasteiger partial charge in [0.2, 0.25) is 0 Å². The molecule has 1 aliphatic heterocycles. The molecule has 0 spiro atoms. The van der Waals surface area contributed by atoms with Crippen molar-refractivity contribution in [3.63, 3.8) is 0 Å². The minimum absolute atomic E-state index is 0. The van der Waals surface area contributed by atoms with Gasteiger partial charge in [-0.05, 0) is 44.0 Å². The molecule has 0 aliphatic carbocycles. The lowest BCUT2D eigenvalue weighted by molar-refractivity contribution is 0.0685. The first-order valence-corrected chi connectivity index (χ1v) is 7.55. The van der Waals surface area contributed by atoms with Gasteiger partial charge in [-0.15, -0.1) is 12.4 Å². The van der Waals surface area contributed by atoms with Crippen molar-refractivity contribution in [3.05, 3.63) is 34.4 Å². The molecule has 124 valence electrons. The number of benzene rings is 1. The van der Waals surface area contributed by atoms with E-state index in [2.05, 4.69) is 12.2 Å². The molecule has 1 heterocycles. The molecule has 1 amide bonds. The standard InChI is InChI=1S/C15H19ClF2N2O.ClH/c1-2-19-9-10-3-5-20(6-4-10)15(21)11-7-14(18)12(16)8-13(11)17;/h7-8,10,19H,2-6,9H2,1H3;1H. The minimum atomic E-state index is -0.777. The minimum Gasteiger partial charge on any atom is -0.339 e. The van der Waals surface area contributed by atoms with E-state index in [1.165, 1.54) is 0 Å².